The highest BCUT2D eigenvalue weighted by Gasteiger charge is 2.39. The number of hydrogen-bond acceptors (Lipinski definition) is 4. The lowest BCUT2D eigenvalue weighted by molar-refractivity contribution is -0.0668. The number of β-amino-alcohol motifs (C(OH)–C–C–N with tert-alkyl or cyclic N) is 1. The van der Waals surface area contributed by atoms with Crippen molar-refractivity contribution in [2.45, 2.75) is 12.5 Å². The molecule has 2 rings (SSSR count). The lowest BCUT2D eigenvalue weighted by atomic mass is 9.96. The molecule has 5 nitrogen and oxygen atoms in total. The predicted octanol–water partition coefficient (Wildman–Crippen LogP) is 0.484. The third-order valence-corrected chi connectivity index (χ3v) is 2.76. The molecule has 0 atom stereocenters. The minimum atomic E-state index is -0.764. The van der Waals surface area contributed by atoms with E-state index in [4.69, 9.17) is 10.5 Å². The summed E-state index contributed by atoms with van der Waals surface area (Å²) < 4.78 is 5.06. The number of carbonyl (C=O) groups excluding carboxylic acids is 1. The first-order valence-electron chi connectivity index (χ1n) is 5.37. The summed E-state index contributed by atoms with van der Waals surface area (Å²) in [5.74, 6) is 0.419. The molecule has 17 heavy (non-hydrogen) atoms. The van der Waals surface area contributed by atoms with Crippen molar-refractivity contribution >= 4 is 11.6 Å². The van der Waals surface area contributed by atoms with E-state index in [-0.39, 0.29) is 5.91 Å². The van der Waals surface area contributed by atoms with Crippen molar-refractivity contribution in [1.29, 1.82) is 0 Å². The van der Waals surface area contributed by atoms with Crippen molar-refractivity contribution in [3.63, 3.8) is 0 Å². The summed E-state index contributed by atoms with van der Waals surface area (Å²) in [6, 6.07) is 4.91. The molecule has 1 fully saturated rings. The van der Waals surface area contributed by atoms with Gasteiger partial charge < -0.3 is 20.5 Å². The standard InChI is InChI=1S/C12H16N2O3/c1-12(16)6-14(7-12)11(15)8-3-9(13)5-10(4-8)17-2/h3-5,16H,6-7,13H2,1-2H3. The fourth-order valence-electron chi connectivity index (χ4n) is 1.97. The molecule has 1 aliphatic rings. The Morgan fingerprint density at radius 3 is 2.65 bits per heavy atom. The van der Waals surface area contributed by atoms with Gasteiger partial charge in [0, 0.05) is 17.3 Å². The van der Waals surface area contributed by atoms with Crippen molar-refractivity contribution < 1.29 is 14.6 Å². The van der Waals surface area contributed by atoms with Gasteiger partial charge in [-0.1, -0.05) is 0 Å². The summed E-state index contributed by atoms with van der Waals surface area (Å²) in [5, 5.41) is 9.59. The van der Waals surface area contributed by atoms with E-state index in [1.54, 1.807) is 30.0 Å². The maximum atomic E-state index is 12.0. The summed E-state index contributed by atoms with van der Waals surface area (Å²) in [6.07, 6.45) is 0. The Kier molecular flexibility index (Phi) is 2.71. The molecule has 1 heterocycles. The molecular formula is C12H16N2O3. The smallest absolute Gasteiger partial charge is 0.254 e. The summed E-state index contributed by atoms with van der Waals surface area (Å²) >= 11 is 0. The molecular weight excluding hydrogens is 220 g/mol. The van der Waals surface area contributed by atoms with E-state index in [2.05, 4.69) is 0 Å². The lowest BCUT2D eigenvalue weighted by Crippen LogP contribution is -2.61. The predicted molar refractivity (Wildman–Crippen MR) is 63.9 cm³/mol. The topological polar surface area (TPSA) is 75.8 Å². The first kappa shape index (κ1) is 11.7. The van der Waals surface area contributed by atoms with E-state index in [9.17, 15) is 9.90 Å². The Hall–Kier alpha value is -1.75. The van der Waals surface area contributed by atoms with E-state index in [1.807, 2.05) is 0 Å². The van der Waals surface area contributed by atoms with E-state index in [1.165, 1.54) is 7.11 Å². The molecule has 0 unspecified atom stereocenters. The summed E-state index contributed by atoms with van der Waals surface area (Å²) in [4.78, 5) is 13.6. The highest BCUT2D eigenvalue weighted by molar-refractivity contribution is 5.96. The maximum absolute atomic E-state index is 12.0. The Morgan fingerprint density at radius 2 is 2.12 bits per heavy atom. The molecule has 1 aromatic rings. The first-order chi connectivity index (χ1) is 7.91. The molecule has 1 saturated heterocycles. The van der Waals surface area contributed by atoms with Gasteiger partial charge in [0.2, 0.25) is 0 Å². The lowest BCUT2D eigenvalue weighted by Gasteiger charge is -2.44. The molecule has 3 N–H and O–H groups in total. The van der Waals surface area contributed by atoms with Crippen molar-refractivity contribution in [1.82, 2.24) is 4.90 Å². The zero-order valence-corrected chi connectivity index (χ0v) is 9.93. The molecule has 0 aliphatic carbocycles. The van der Waals surface area contributed by atoms with Gasteiger partial charge in [-0.3, -0.25) is 4.79 Å². The second-order valence-electron chi connectivity index (χ2n) is 4.65. The number of aliphatic hydroxyl groups is 1. The van der Waals surface area contributed by atoms with Gasteiger partial charge in [-0.25, -0.2) is 0 Å². The molecule has 1 aliphatic heterocycles. The number of carbonyl (C=O) groups is 1. The Labute approximate surface area is 99.8 Å². The van der Waals surface area contributed by atoms with Crippen LogP contribution in [0.25, 0.3) is 0 Å². The fraction of sp³-hybridized carbons (Fsp3) is 0.417. The van der Waals surface area contributed by atoms with Crippen LogP contribution < -0.4 is 10.5 Å². The molecule has 92 valence electrons. The molecule has 0 spiro atoms. The van der Waals surface area contributed by atoms with Gasteiger partial charge in [-0.2, -0.15) is 0 Å². The second kappa shape index (κ2) is 3.92. The van der Waals surface area contributed by atoms with Crippen molar-refractivity contribution in [2.75, 3.05) is 25.9 Å². The van der Waals surface area contributed by atoms with Gasteiger partial charge in [0.05, 0.1) is 25.8 Å². The van der Waals surface area contributed by atoms with Crippen LogP contribution in [0.15, 0.2) is 18.2 Å². The number of amides is 1. The molecule has 0 aromatic heterocycles. The monoisotopic (exact) mass is 236 g/mol. The normalized spacial score (nSPS) is 17.5. The molecule has 0 radical (unpaired) electrons. The van der Waals surface area contributed by atoms with E-state index in [0.29, 0.717) is 30.1 Å². The van der Waals surface area contributed by atoms with E-state index >= 15 is 0 Å². The van der Waals surface area contributed by atoms with Crippen LogP contribution in [0, 0.1) is 0 Å². The third kappa shape index (κ3) is 2.34. The summed E-state index contributed by atoms with van der Waals surface area (Å²) in [5.41, 5.74) is 5.89. The second-order valence-corrected chi connectivity index (χ2v) is 4.65. The van der Waals surface area contributed by atoms with Gasteiger partial charge in [0.25, 0.3) is 5.91 Å². The molecule has 1 amide bonds. The number of likely N-dealkylation sites (tertiary alicyclic amines) is 1. The van der Waals surface area contributed by atoms with Gasteiger partial charge in [-0.15, -0.1) is 0 Å². The number of rotatable bonds is 2. The molecule has 0 bridgehead atoms. The van der Waals surface area contributed by atoms with Gasteiger partial charge in [0.1, 0.15) is 5.75 Å². The fourth-order valence-corrected chi connectivity index (χ4v) is 1.97. The van der Waals surface area contributed by atoms with Crippen molar-refractivity contribution in [3.05, 3.63) is 23.8 Å². The highest BCUT2D eigenvalue weighted by atomic mass is 16.5. The average molecular weight is 236 g/mol. The zero-order valence-electron chi connectivity index (χ0n) is 9.93. The maximum Gasteiger partial charge on any atom is 0.254 e. The van der Waals surface area contributed by atoms with Crippen molar-refractivity contribution in [2.24, 2.45) is 0 Å². The van der Waals surface area contributed by atoms with Crippen molar-refractivity contribution in [3.8, 4) is 5.75 Å². The number of ether oxygens (including phenoxy) is 1. The molecule has 5 heteroatoms. The average Bonchev–Trinajstić information content (AvgIpc) is 2.23. The third-order valence-electron chi connectivity index (χ3n) is 2.76. The number of nitrogens with two attached hydrogens (primary N) is 1. The van der Waals surface area contributed by atoms with Crippen LogP contribution in [0.2, 0.25) is 0 Å². The quantitative estimate of drug-likeness (QED) is 0.732. The number of benzene rings is 1. The van der Waals surface area contributed by atoms with Gasteiger partial charge in [0.15, 0.2) is 0 Å². The van der Waals surface area contributed by atoms with Crippen LogP contribution in [0.4, 0.5) is 5.69 Å². The van der Waals surface area contributed by atoms with Gasteiger partial charge in [-0.05, 0) is 19.1 Å². The van der Waals surface area contributed by atoms with Crippen LogP contribution in [0.1, 0.15) is 17.3 Å². The van der Waals surface area contributed by atoms with Crippen LogP contribution >= 0.6 is 0 Å². The highest BCUT2D eigenvalue weighted by Crippen LogP contribution is 2.25. The zero-order chi connectivity index (χ0) is 12.6. The largest absolute Gasteiger partial charge is 0.497 e. The molecule has 1 aromatic carbocycles. The summed E-state index contributed by atoms with van der Waals surface area (Å²) in [6.45, 7) is 2.41. The van der Waals surface area contributed by atoms with Crippen LogP contribution in [-0.4, -0.2) is 41.7 Å². The number of nitrogens with zero attached hydrogens (tertiary/aromatic N) is 1. The van der Waals surface area contributed by atoms with E-state index < -0.39 is 5.60 Å². The van der Waals surface area contributed by atoms with Gasteiger partial charge >= 0.3 is 0 Å². The Balaban J connectivity index is 2.17. The molecule has 0 saturated carbocycles. The number of anilines is 1. The van der Waals surface area contributed by atoms with E-state index in [0.717, 1.165) is 0 Å². The Morgan fingerprint density at radius 1 is 1.47 bits per heavy atom. The Bertz CT molecular complexity index is 449. The van der Waals surface area contributed by atoms with Crippen LogP contribution in [0.5, 0.6) is 5.75 Å². The van der Waals surface area contributed by atoms with Crippen LogP contribution in [0.3, 0.4) is 0 Å². The number of nitrogen functional groups attached to an aromatic ring is 1. The number of methoxy groups -OCH3 is 1. The minimum Gasteiger partial charge on any atom is -0.497 e. The first-order valence-corrected chi connectivity index (χ1v) is 5.37. The SMILES string of the molecule is COc1cc(N)cc(C(=O)N2CC(C)(O)C2)c1. The summed E-state index contributed by atoms with van der Waals surface area (Å²) in [7, 11) is 1.53. The minimum absolute atomic E-state index is 0.137. The van der Waals surface area contributed by atoms with Crippen LogP contribution in [-0.2, 0) is 0 Å². The number of hydrogen-bond donors (Lipinski definition) is 2.